The molecule has 28 heavy (non-hydrogen) atoms. The number of methoxy groups -OCH3 is 1. The number of benzene rings is 2. The molecule has 2 aromatic carbocycles. The maximum atomic E-state index is 12.5. The lowest BCUT2D eigenvalue weighted by Crippen LogP contribution is -2.27. The highest BCUT2D eigenvalue weighted by atomic mass is 32.1. The Kier molecular flexibility index (Phi) is 5.64. The molecule has 1 aromatic heterocycles. The zero-order valence-corrected chi connectivity index (χ0v) is 15.6. The fourth-order valence-corrected chi connectivity index (χ4v) is 3.47. The van der Waals surface area contributed by atoms with Gasteiger partial charge in [0.15, 0.2) is 5.13 Å². The number of carbonyl (C=O) groups excluding carboxylic acids is 2. The molecule has 0 bridgehead atoms. The summed E-state index contributed by atoms with van der Waals surface area (Å²) in [5.74, 6) is -2.34. The number of ketones is 1. The van der Waals surface area contributed by atoms with Crippen LogP contribution in [0.25, 0.3) is 10.2 Å². The zero-order valence-electron chi connectivity index (χ0n) is 14.8. The summed E-state index contributed by atoms with van der Waals surface area (Å²) in [5.41, 5.74) is 1.83. The van der Waals surface area contributed by atoms with Crippen molar-refractivity contribution in [3.05, 3.63) is 53.6 Å². The number of hydrogen-bond donors (Lipinski definition) is 1. The van der Waals surface area contributed by atoms with Crippen LogP contribution in [0.1, 0.15) is 17.0 Å². The van der Waals surface area contributed by atoms with Crippen LogP contribution in [-0.2, 0) is 16.0 Å². The minimum atomic E-state index is -1.23. The van der Waals surface area contributed by atoms with Gasteiger partial charge < -0.3 is 4.74 Å². The minimum absolute atomic E-state index is 0.230. The Bertz CT molecular complexity index is 1120. The molecule has 0 aliphatic rings. The number of nitrogens with one attached hydrogen (secondary N) is 1. The predicted octanol–water partition coefficient (Wildman–Crippen LogP) is 3.19. The molecule has 138 valence electrons. The van der Waals surface area contributed by atoms with Crippen LogP contribution in [0.15, 0.2) is 42.5 Å². The molecule has 1 N–H and O–H groups in total. The van der Waals surface area contributed by atoms with Gasteiger partial charge in [0.25, 0.3) is 5.91 Å². The quantitative estimate of drug-likeness (QED) is 0.646. The van der Waals surface area contributed by atoms with Gasteiger partial charge in [-0.15, -0.1) is 0 Å². The molecule has 3 aromatic rings. The second-order valence-electron chi connectivity index (χ2n) is 5.81. The highest BCUT2D eigenvalue weighted by Gasteiger charge is 2.27. The van der Waals surface area contributed by atoms with Crippen molar-refractivity contribution in [2.24, 2.45) is 0 Å². The molecule has 0 aliphatic carbocycles. The largest absolute Gasteiger partial charge is 0.497 e. The lowest BCUT2D eigenvalue weighted by atomic mass is 9.94. The van der Waals surface area contributed by atoms with Gasteiger partial charge in [-0.2, -0.15) is 10.5 Å². The van der Waals surface area contributed by atoms with E-state index in [2.05, 4.69) is 10.3 Å². The first-order valence-corrected chi connectivity index (χ1v) is 9.02. The molecule has 0 saturated carbocycles. The van der Waals surface area contributed by atoms with Crippen molar-refractivity contribution in [2.75, 3.05) is 12.4 Å². The highest BCUT2D eigenvalue weighted by Crippen LogP contribution is 2.29. The Morgan fingerprint density at radius 2 is 1.96 bits per heavy atom. The number of hydrogen-bond acceptors (Lipinski definition) is 7. The van der Waals surface area contributed by atoms with Crippen LogP contribution in [0.3, 0.4) is 0 Å². The number of nitriles is 2. The van der Waals surface area contributed by atoms with Crippen molar-refractivity contribution >= 4 is 38.4 Å². The summed E-state index contributed by atoms with van der Waals surface area (Å²) in [6, 6.07) is 15.7. The molecule has 3 rings (SSSR count). The highest BCUT2D eigenvalue weighted by molar-refractivity contribution is 7.22. The van der Waals surface area contributed by atoms with Gasteiger partial charge >= 0.3 is 0 Å². The number of carbonyl (C=O) groups is 2. The van der Waals surface area contributed by atoms with E-state index in [4.69, 9.17) is 10.00 Å². The summed E-state index contributed by atoms with van der Waals surface area (Å²) in [4.78, 5) is 29.1. The molecule has 0 unspecified atom stereocenters. The Morgan fingerprint density at radius 3 is 2.61 bits per heavy atom. The molecule has 0 aliphatic heterocycles. The molecule has 1 heterocycles. The predicted molar refractivity (Wildman–Crippen MR) is 104 cm³/mol. The molecular formula is C20H14N4O3S. The fourth-order valence-electron chi connectivity index (χ4n) is 2.58. The van der Waals surface area contributed by atoms with Gasteiger partial charge in [0.05, 0.1) is 35.9 Å². The van der Waals surface area contributed by atoms with Gasteiger partial charge in [0.2, 0.25) is 5.78 Å². The van der Waals surface area contributed by atoms with E-state index in [-0.39, 0.29) is 11.6 Å². The third-order valence-corrected chi connectivity index (χ3v) is 4.96. The number of Topliss-reactive ketones (excluding diaryl/α,β-unsaturated/α-hetero) is 1. The fraction of sp³-hybridized carbons (Fsp3) is 0.150. The van der Waals surface area contributed by atoms with Gasteiger partial charge in [0.1, 0.15) is 11.7 Å². The molecule has 0 fully saturated rings. The van der Waals surface area contributed by atoms with E-state index < -0.39 is 17.6 Å². The third kappa shape index (κ3) is 3.98. The number of thiazole rings is 1. The average Bonchev–Trinajstić information content (AvgIpc) is 3.11. The molecule has 7 nitrogen and oxygen atoms in total. The van der Waals surface area contributed by atoms with Crippen molar-refractivity contribution in [1.29, 1.82) is 10.5 Å². The number of anilines is 1. The van der Waals surface area contributed by atoms with Crippen molar-refractivity contribution < 1.29 is 14.3 Å². The molecular weight excluding hydrogens is 376 g/mol. The molecule has 0 saturated heterocycles. The van der Waals surface area contributed by atoms with Crippen LogP contribution >= 0.6 is 11.3 Å². The zero-order chi connectivity index (χ0) is 20.1. The SMILES string of the molecule is COc1ccc2nc(NC(=O)C(=O)[C@@H](C#N)c3ccc(CC#N)cc3)sc2c1. The van der Waals surface area contributed by atoms with E-state index >= 15 is 0 Å². The molecule has 1 amide bonds. The van der Waals surface area contributed by atoms with Crippen molar-refractivity contribution in [2.45, 2.75) is 12.3 Å². The monoisotopic (exact) mass is 390 g/mol. The number of ether oxygens (including phenoxy) is 1. The van der Waals surface area contributed by atoms with E-state index in [1.54, 1.807) is 49.6 Å². The Morgan fingerprint density at radius 1 is 1.21 bits per heavy atom. The average molecular weight is 390 g/mol. The molecule has 0 radical (unpaired) electrons. The van der Waals surface area contributed by atoms with Crippen LogP contribution in [0.2, 0.25) is 0 Å². The van der Waals surface area contributed by atoms with Gasteiger partial charge in [-0.3, -0.25) is 14.9 Å². The standard InChI is InChI=1S/C20H14N4O3S/c1-27-14-6-7-16-17(10-14)28-20(23-16)24-19(26)18(25)15(11-22)13-4-2-12(3-5-13)8-9-21/h2-7,10,15H,8H2,1H3,(H,23,24,26)/t15-/m0/s1. The summed E-state index contributed by atoms with van der Waals surface area (Å²) in [7, 11) is 1.55. The first-order valence-electron chi connectivity index (χ1n) is 8.21. The Hall–Kier alpha value is -3.75. The van der Waals surface area contributed by atoms with E-state index in [1.807, 2.05) is 12.1 Å². The van der Waals surface area contributed by atoms with Crippen LogP contribution < -0.4 is 10.1 Å². The number of amides is 1. The summed E-state index contributed by atoms with van der Waals surface area (Å²) >= 11 is 1.21. The summed E-state index contributed by atoms with van der Waals surface area (Å²) in [6.07, 6.45) is 0.230. The first kappa shape index (κ1) is 19.0. The van der Waals surface area contributed by atoms with Gasteiger partial charge in [-0.25, -0.2) is 4.98 Å². The van der Waals surface area contributed by atoms with Gasteiger partial charge in [0, 0.05) is 0 Å². The third-order valence-electron chi connectivity index (χ3n) is 4.03. The van der Waals surface area contributed by atoms with E-state index in [0.717, 1.165) is 10.3 Å². The number of rotatable bonds is 6. The number of fused-ring (bicyclic) bond motifs is 1. The Labute approximate surface area is 164 Å². The van der Waals surface area contributed by atoms with E-state index in [9.17, 15) is 14.9 Å². The molecule has 1 atom stereocenters. The van der Waals surface area contributed by atoms with E-state index in [1.165, 1.54) is 11.3 Å². The summed E-state index contributed by atoms with van der Waals surface area (Å²) in [6.45, 7) is 0. The second kappa shape index (κ2) is 8.30. The second-order valence-corrected chi connectivity index (χ2v) is 6.84. The van der Waals surface area contributed by atoms with Crippen molar-refractivity contribution in [1.82, 2.24) is 4.98 Å². The van der Waals surface area contributed by atoms with Gasteiger partial charge in [-0.1, -0.05) is 35.6 Å². The lowest BCUT2D eigenvalue weighted by Gasteiger charge is -2.08. The number of aromatic nitrogens is 1. The molecule has 8 heteroatoms. The van der Waals surface area contributed by atoms with Crippen LogP contribution in [-0.4, -0.2) is 23.8 Å². The van der Waals surface area contributed by atoms with Crippen molar-refractivity contribution in [3.8, 4) is 17.9 Å². The summed E-state index contributed by atoms with van der Waals surface area (Å²) in [5, 5.41) is 20.8. The number of nitrogens with zero attached hydrogens (tertiary/aromatic N) is 3. The minimum Gasteiger partial charge on any atom is -0.497 e. The maximum absolute atomic E-state index is 12.5. The smallest absolute Gasteiger partial charge is 0.295 e. The Balaban J connectivity index is 1.76. The lowest BCUT2D eigenvalue weighted by molar-refractivity contribution is -0.135. The van der Waals surface area contributed by atoms with Crippen LogP contribution in [0, 0.1) is 22.7 Å². The van der Waals surface area contributed by atoms with Gasteiger partial charge in [-0.05, 0) is 29.3 Å². The van der Waals surface area contributed by atoms with Crippen molar-refractivity contribution in [3.63, 3.8) is 0 Å². The maximum Gasteiger partial charge on any atom is 0.295 e. The van der Waals surface area contributed by atoms with E-state index in [0.29, 0.717) is 16.8 Å². The van der Waals surface area contributed by atoms with Crippen LogP contribution in [0.4, 0.5) is 5.13 Å². The first-order chi connectivity index (χ1) is 13.5. The molecule has 0 spiro atoms. The summed E-state index contributed by atoms with van der Waals surface area (Å²) < 4.78 is 5.95. The normalized spacial score (nSPS) is 11.2. The topological polar surface area (TPSA) is 116 Å². The van der Waals surface area contributed by atoms with Crippen LogP contribution in [0.5, 0.6) is 5.75 Å².